The molecular weight excluding hydrogens is 603 g/mol. The molecule has 6 heteroatoms. The molecular formula is C40H21N3OS2. The van der Waals surface area contributed by atoms with Gasteiger partial charge in [0.15, 0.2) is 0 Å². The van der Waals surface area contributed by atoms with Gasteiger partial charge in [0.05, 0.1) is 16.7 Å². The van der Waals surface area contributed by atoms with Gasteiger partial charge in [-0.1, -0.05) is 72.8 Å². The molecule has 0 radical (unpaired) electrons. The second kappa shape index (κ2) is 9.01. The van der Waals surface area contributed by atoms with E-state index in [1.54, 1.807) is 11.3 Å². The van der Waals surface area contributed by atoms with Crippen molar-refractivity contribution < 1.29 is 4.42 Å². The van der Waals surface area contributed by atoms with Gasteiger partial charge in [0.25, 0.3) is 0 Å². The highest BCUT2D eigenvalue weighted by Crippen LogP contribution is 2.43. The minimum atomic E-state index is 0.679. The molecule has 0 saturated heterocycles. The van der Waals surface area contributed by atoms with E-state index in [9.17, 15) is 0 Å². The summed E-state index contributed by atoms with van der Waals surface area (Å²) in [5, 5.41) is 9.45. The van der Waals surface area contributed by atoms with E-state index in [0.717, 1.165) is 54.4 Å². The maximum Gasteiger partial charge on any atom is 0.236 e. The molecule has 0 saturated carbocycles. The number of hydrogen-bond acceptors (Lipinski definition) is 5. The summed E-state index contributed by atoms with van der Waals surface area (Å²) in [5.74, 6) is 0.679. The van der Waals surface area contributed by atoms with E-state index in [-0.39, 0.29) is 0 Å². The number of rotatable bonds is 2. The van der Waals surface area contributed by atoms with Crippen molar-refractivity contribution in [1.82, 2.24) is 14.5 Å². The summed E-state index contributed by atoms with van der Waals surface area (Å²) in [6, 6.07) is 45.2. The molecule has 214 valence electrons. The van der Waals surface area contributed by atoms with Gasteiger partial charge in [0, 0.05) is 62.8 Å². The largest absolute Gasteiger partial charge is 0.456 e. The molecule has 4 nitrogen and oxygen atoms in total. The minimum Gasteiger partial charge on any atom is -0.456 e. The Labute approximate surface area is 269 Å². The Morgan fingerprint density at radius 1 is 0.478 bits per heavy atom. The van der Waals surface area contributed by atoms with Crippen molar-refractivity contribution in [3.8, 4) is 17.2 Å². The maximum absolute atomic E-state index is 6.19. The van der Waals surface area contributed by atoms with Crippen LogP contribution < -0.4 is 0 Å². The molecule has 0 aliphatic rings. The molecule has 11 rings (SSSR count). The van der Waals surface area contributed by atoms with Crippen LogP contribution in [0.2, 0.25) is 0 Å². The van der Waals surface area contributed by atoms with E-state index >= 15 is 0 Å². The van der Waals surface area contributed by atoms with Gasteiger partial charge >= 0.3 is 0 Å². The number of nitrogens with zero attached hydrogens (tertiary/aromatic N) is 3. The molecule has 6 aromatic carbocycles. The number of benzene rings is 6. The number of thiophene rings is 2. The average molecular weight is 624 g/mol. The number of para-hydroxylation sites is 2. The highest BCUT2D eigenvalue weighted by Gasteiger charge is 2.21. The van der Waals surface area contributed by atoms with Crippen LogP contribution in [0.1, 0.15) is 0 Å². The SMILES string of the molecule is c1ccc2c(c1)oc1ccc(-c3nc(-n4c5ccccc5c5cc6c(cc54)sc4ccccc46)nc4sc5ccccc5c34)cc12. The van der Waals surface area contributed by atoms with E-state index in [1.165, 1.54) is 41.0 Å². The Hall–Kier alpha value is -5.56. The highest BCUT2D eigenvalue weighted by atomic mass is 32.1. The third-order valence-electron chi connectivity index (χ3n) is 9.25. The Morgan fingerprint density at radius 2 is 1.20 bits per heavy atom. The van der Waals surface area contributed by atoms with Crippen LogP contribution >= 0.6 is 22.7 Å². The van der Waals surface area contributed by atoms with Gasteiger partial charge in [-0.05, 0) is 54.6 Å². The molecule has 0 bridgehead atoms. The van der Waals surface area contributed by atoms with Crippen molar-refractivity contribution in [1.29, 1.82) is 0 Å². The summed E-state index contributed by atoms with van der Waals surface area (Å²) in [5.41, 5.74) is 5.95. The van der Waals surface area contributed by atoms with E-state index in [2.05, 4.69) is 120 Å². The topological polar surface area (TPSA) is 43.9 Å². The molecule has 0 aliphatic heterocycles. The van der Waals surface area contributed by atoms with Gasteiger partial charge in [-0.25, -0.2) is 9.97 Å². The van der Waals surface area contributed by atoms with E-state index in [0.29, 0.717) is 5.95 Å². The highest BCUT2D eigenvalue weighted by molar-refractivity contribution is 7.26. The first-order valence-electron chi connectivity index (χ1n) is 15.2. The normalized spacial score (nSPS) is 12.3. The monoisotopic (exact) mass is 623 g/mol. The molecule has 46 heavy (non-hydrogen) atoms. The molecule has 0 unspecified atom stereocenters. The molecule has 0 fully saturated rings. The number of fused-ring (bicyclic) bond motifs is 12. The fourth-order valence-corrected chi connectivity index (χ4v) is 9.39. The summed E-state index contributed by atoms with van der Waals surface area (Å²) in [6.45, 7) is 0. The van der Waals surface area contributed by atoms with E-state index in [4.69, 9.17) is 14.4 Å². The lowest BCUT2D eigenvalue weighted by atomic mass is 10.0. The van der Waals surface area contributed by atoms with E-state index < -0.39 is 0 Å². The van der Waals surface area contributed by atoms with Crippen LogP contribution in [-0.2, 0) is 0 Å². The summed E-state index contributed by atoms with van der Waals surface area (Å²) in [4.78, 5) is 11.8. The first kappa shape index (κ1) is 24.7. The predicted octanol–water partition coefficient (Wildman–Crippen LogP) is 11.9. The van der Waals surface area contributed by atoms with Gasteiger partial charge < -0.3 is 4.42 Å². The van der Waals surface area contributed by atoms with Gasteiger partial charge in [0.2, 0.25) is 5.95 Å². The molecule has 5 heterocycles. The number of hydrogen-bond donors (Lipinski definition) is 0. The zero-order chi connectivity index (χ0) is 29.9. The maximum atomic E-state index is 6.19. The Morgan fingerprint density at radius 3 is 2.09 bits per heavy atom. The number of aromatic nitrogens is 3. The first-order valence-corrected chi connectivity index (χ1v) is 16.9. The van der Waals surface area contributed by atoms with E-state index in [1.807, 2.05) is 23.5 Å². The van der Waals surface area contributed by atoms with Crippen LogP contribution in [0.4, 0.5) is 0 Å². The van der Waals surface area contributed by atoms with Crippen molar-refractivity contribution in [3.63, 3.8) is 0 Å². The molecule has 0 aliphatic carbocycles. The van der Waals surface area contributed by atoms with Crippen LogP contribution in [0.5, 0.6) is 0 Å². The van der Waals surface area contributed by atoms with Crippen molar-refractivity contribution in [3.05, 3.63) is 127 Å². The third-order valence-corrected chi connectivity index (χ3v) is 11.4. The van der Waals surface area contributed by atoms with Gasteiger partial charge in [0.1, 0.15) is 16.0 Å². The first-order chi connectivity index (χ1) is 22.8. The zero-order valence-corrected chi connectivity index (χ0v) is 25.8. The van der Waals surface area contributed by atoms with Crippen LogP contribution in [-0.4, -0.2) is 14.5 Å². The van der Waals surface area contributed by atoms with Crippen molar-refractivity contribution in [2.45, 2.75) is 0 Å². The van der Waals surface area contributed by atoms with Crippen molar-refractivity contribution >= 4 is 107 Å². The Balaban J connectivity index is 1.26. The Bertz CT molecular complexity index is 3050. The summed E-state index contributed by atoms with van der Waals surface area (Å²) < 4.78 is 12.2. The zero-order valence-electron chi connectivity index (χ0n) is 24.2. The van der Waals surface area contributed by atoms with Crippen molar-refractivity contribution in [2.24, 2.45) is 0 Å². The van der Waals surface area contributed by atoms with Gasteiger partial charge in [-0.3, -0.25) is 4.57 Å². The molecule has 5 aromatic heterocycles. The third kappa shape index (κ3) is 3.32. The van der Waals surface area contributed by atoms with Gasteiger partial charge in [-0.2, -0.15) is 0 Å². The average Bonchev–Trinajstić information content (AvgIpc) is 3.85. The fourth-order valence-electron chi connectivity index (χ4n) is 7.20. The lowest BCUT2D eigenvalue weighted by Crippen LogP contribution is -2.02. The van der Waals surface area contributed by atoms with Crippen molar-refractivity contribution in [2.75, 3.05) is 0 Å². The Kier molecular flexibility index (Phi) is 4.84. The fraction of sp³-hybridized carbons (Fsp3) is 0. The second-order valence-corrected chi connectivity index (χ2v) is 13.9. The molecule has 0 amide bonds. The second-order valence-electron chi connectivity index (χ2n) is 11.8. The van der Waals surface area contributed by atoms with Gasteiger partial charge in [-0.15, -0.1) is 22.7 Å². The predicted molar refractivity (Wildman–Crippen MR) is 195 cm³/mol. The quantitative estimate of drug-likeness (QED) is 0.192. The summed E-state index contributed by atoms with van der Waals surface area (Å²) in [6.07, 6.45) is 0. The molecule has 0 atom stereocenters. The standard InChI is InChI=1S/C40H21N3OS2/c1-5-13-30-23(9-1)27-20-29-25-11-3-7-15-34(25)45-36(29)21-31(27)43(30)40-41-38(37-26-12-4-8-16-35(26)46-39(37)42-40)22-17-18-33-28(19-22)24-10-2-6-14-32(24)44-33/h1-21H. The number of furan rings is 1. The summed E-state index contributed by atoms with van der Waals surface area (Å²) >= 11 is 3.56. The lowest BCUT2D eigenvalue weighted by molar-refractivity contribution is 0.669. The minimum absolute atomic E-state index is 0.679. The smallest absolute Gasteiger partial charge is 0.236 e. The van der Waals surface area contributed by atoms with Crippen LogP contribution in [0.25, 0.3) is 101 Å². The summed E-state index contributed by atoms with van der Waals surface area (Å²) in [7, 11) is 0. The molecule has 0 spiro atoms. The van der Waals surface area contributed by atoms with Crippen LogP contribution in [0.15, 0.2) is 132 Å². The van der Waals surface area contributed by atoms with Crippen LogP contribution in [0, 0.1) is 0 Å². The molecule has 11 aromatic rings. The van der Waals surface area contributed by atoms with Crippen LogP contribution in [0.3, 0.4) is 0 Å². The lowest BCUT2D eigenvalue weighted by Gasteiger charge is -2.10. The molecule has 0 N–H and O–H groups in total.